The summed E-state index contributed by atoms with van der Waals surface area (Å²) in [6.45, 7) is 5.70. The number of hydrogen-bond acceptors (Lipinski definition) is 5. The lowest BCUT2D eigenvalue weighted by atomic mass is 10.1. The van der Waals surface area contributed by atoms with Crippen LogP contribution in [-0.2, 0) is 9.67 Å². The van der Waals surface area contributed by atoms with E-state index in [9.17, 15) is 4.79 Å². The van der Waals surface area contributed by atoms with Gasteiger partial charge in [0.1, 0.15) is 0 Å². The molecule has 0 amide bonds. The molecule has 0 N–H and O–H groups in total. The number of allylic oxidation sites excluding steroid dienone is 1. The van der Waals surface area contributed by atoms with Crippen molar-refractivity contribution in [1.82, 2.24) is 9.72 Å². The van der Waals surface area contributed by atoms with Crippen LogP contribution in [0.4, 0.5) is 0 Å². The third kappa shape index (κ3) is 2.41. The van der Waals surface area contributed by atoms with Crippen molar-refractivity contribution in [3.8, 4) is 0 Å². The molecule has 0 radical (unpaired) electrons. The largest absolute Gasteiger partial charge is 0.446 e. The van der Waals surface area contributed by atoms with Gasteiger partial charge in [-0.1, -0.05) is 40.7 Å². The van der Waals surface area contributed by atoms with Crippen LogP contribution in [0.1, 0.15) is 32.2 Å². The zero-order valence-corrected chi connectivity index (χ0v) is 13.9. The molecule has 0 saturated carbocycles. The number of rotatable bonds is 3. The summed E-state index contributed by atoms with van der Waals surface area (Å²) >= 11 is 7.43. The van der Waals surface area contributed by atoms with Crippen LogP contribution in [0.5, 0.6) is 0 Å². The number of halogens is 1. The highest BCUT2D eigenvalue weighted by atomic mass is 35.5. The summed E-state index contributed by atoms with van der Waals surface area (Å²) in [5.41, 5.74) is 1.60. The molecule has 1 aliphatic heterocycles. The van der Waals surface area contributed by atoms with E-state index in [0.717, 1.165) is 11.3 Å². The Hall–Kier alpha value is -1.50. The maximum absolute atomic E-state index is 11.9. The van der Waals surface area contributed by atoms with Gasteiger partial charge in [-0.25, -0.2) is 9.36 Å². The van der Waals surface area contributed by atoms with E-state index in [1.165, 1.54) is 16.3 Å². The average molecular weight is 339 g/mol. The van der Waals surface area contributed by atoms with Gasteiger partial charge in [0, 0.05) is 16.3 Å². The third-order valence-electron chi connectivity index (χ3n) is 3.27. The second kappa shape index (κ2) is 5.61. The summed E-state index contributed by atoms with van der Waals surface area (Å²) in [5, 5.41) is 6.48. The van der Waals surface area contributed by atoms with E-state index in [2.05, 4.69) is 5.16 Å². The Morgan fingerprint density at radius 1 is 1.36 bits per heavy atom. The number of benzene rings is 1. The molecule has 0 bridgehead atoms. The standard InChI is InChI=1S/C15H15ClN2O3S/c1-9(2)20-15(11-4-6-12(16)7-5-11)13-17-21-14(19)18(13)10(3)8-22-15/h4-9H,1-3H3/t15-/m0/s1. The van der Waals surface area contributed by atoms with Crippen molar-refractivity contribution in [3.05, 3.63) is 56.6 Å². The van der Waals surface area contributed by atoms with Gasteiger partial charge in [-0.15, -0.1) is 0 Å². The smallest absolute Gasteiger partial charge is 0.350 e. The number of hydrogen-bond donors (Lipinski definition) is 0. The molecule has 22 heavy (non-hydrogen) atoms. The van der Waals surface area contributed by atoms with Crippen LogP contribution in [0, 0.1) is 0 Å². The lowest BCUT2D eigenvalue weighted by molar-refractivity contribution is -0.00164. The molecule has 1 atom stereocenters. The number of aromatic nitrogens is 2. The molecule has 116 valence electrons. The van der Waals surface area contributed by atoms with Gasteiger partial charge in [0.25, 0.3) is 0 Å². The zero-order chi connectivity index (χ0) is 15.9. The first-order valence-corrected chi connectivity index (χ1v) is 8.08. The second-order valence-electron chi connectivity index (χ2n) is 5.27. The minimum atomic E-state index is -0.940. The van der Waals surface area contributed by atoms with E-state index >= 15 is 0 Å². The van der Waals surface area contributed by atoms with Crippen LogP contribution in [0.15, 0.2) is 39.0 Å². The first-order chi connectivity index (χ1) is 10.4. The number of ether oxygens (including phenoxy) is 1. The Morgan fingerprint density at radius 3 is 2.68 bits per heavy atom. The van der Waals surface area contributed by atoms with Crippen molar-refractivity contribution in [3.63, 3.8) is 0 Å². The van der Waals surface area contributed by atoms with Gasteiger partial charge in [-0.3, -0.25) is 4.52 Å². The second-order valence-corrected chi connectivity index (χ2v) is 6.76. The van der Waals surface area contributed by atoms with Crippen molar-refractivity contribution in [2.75, 3.05) is 0 Å². The van der Waals surface area contributed by atoms with Gasteiger partial charge in [0.15, 0.2) is 0 Å². The van der Waals surface area contributed by atoms with Gasteiger partial charge >= 0.3 is 5.76 Å². The summed E-state index contributed by atoms with van der Waals surface area (Å²) in [6, 6.07) is 7.32. The third-order valence-corrected chi connectivity index (χ3v) is 4.83. The molecule has 0 saturated heterocycles. The molecule has 1 aliphatic rings. The SMILES string of the molecule is CC1=CS[C@@](OC(C)C)(c2ccc(Cl)cc2)c2noc(=O)n21. The van der Waals surface area contributed by atoms with Crippen molar-refractivity contribution < 1.29 is 9.26 Å². The van der Waals surface area contributed by atoms with E-state index in [-0.39, 0.29) is 6.10 Å². The van der Waals surface area contributed by atoms with Crippen LogP contribution in [0.3, 0.4) is 0 Å². The molecule has 2 heterocycles. The Bertz CT molecular complexity index is 779. The topological polar surface area (TPSA) is 57.3 Å². The van der Waals surface area contributed by atoms with Crippen molar-refractivity contribution in [2.45, 2.75) is 31.8 Å². The maximum Gasteiger partial charge on any atom is 0.446 e. The summed E-state index contributed by atoms with van der Waals surface area (Å²) in [4.78, 5) is 11.0. The van der Waals surface area contributed by atoms with Gasteiger partial charge in [-0.2, -0.15) is 0 Å². The molecule has 0 aliphatic carbocycles. The minimum Gasteiger partial charge on any atom is -0.350 e. The van der Waals surface area contributed by atoms with Crippen molar-refractivity contribution in [2.24, 2.45) is 0 Å². The first-order valence-electron chi connectivity index (χ1n) is 6.82. The molecule has 7 heteroatoms. The van der Waals surface area contributed by atoms with Gasteiger partial charge < -0.3 is 4.74 Å². The normalized spacial score (nSPS) is 20.9. The zero-order valence-electron chi connectivity index (χ0n) is 12.4. The summed E-state index contributed by atoms with van der Waals surface area (Å²) in [7, 11) is 0. The predicted molar refractivity (Wildman–Crippen MR) is 86.8 cm³/mol. The van der Waals surface area contributed by atoms with Gasteiger partial charge in [0.2, 0.25) is 10.8 Å². The fourth-order valence-electron chi connectivity index (χ4n) is 2.39. The summed E-state index contributed by atoms with van der Waals surface area (Å²) < 4.78 is 12.5. The summed E-state index contributed by atoms with van der Waals surface area (Å²) in [5.74, 6) is -0.0896. The molecular weight excluding hydrogens is 324 g/mol. The molecule has 2 aromatic rings. The van der Waals surface area contributed by atoms with Gasteiger partial charge in [0.05, 0.1) is 6.10 Å². The van der Waals surface area contributed by atoms with Crippen molar-refractivity contribution in [1.29, 1.82) is 0 Å². The quantitative estimate of drug-likeness (QED) is 0.854. The average Bonchev–Trinajstić information content (AvgIpc) is 2.86. The predicted octanol–water partition coefficient (Wildman–Crippen LogP) is 3.68. The van der Waals surface area contributed by atoms with Crippen LogP contribution in [0.25, 0.3) is 5.70 Å². The molecule has 0 spiro atoms. The van der Waals surface area contributed by atoms with E-state index in [4.69, 9.17) is 20.9 Å². The Kier molecular flexibility index (Phi) is 3.92. The lowest BCUT2D eigenvalue weighted by Crippen LogP contribution is -2.36. The van der Waals surface area contributed by atoms with E-state index in [1.54, 1.807) is 12.1 Å². The first kappa shape index (κ1) is 15.4. The molecule has 0 fully saturated rings. The number of nitrogens with zero attached hydrogens (tertiary/aromatic N) is 2. The lowest BCUT2D eigenvalue weighted by Gasteiger charge is -2.35. The Balaban J connectivity index is 2.24. The number of thioether (sulfide) groups is 1. The molecule has 0 unspecified atom stereocenters. The highest BCUT2D eigenvalue weighted by molar-refractivity contribution is 8.03. The van der Waals surface area contributed by atoms with E-state index < -0.39 is 10.7 Å². The molecule has 1 aromatic carbocycles. The van der Waals surface area contributed by atoms with Crippen LogP contribution < -0.4 is 5.76 Å². The van der Waals surface area contributed by atoms with Crippen LogP contribution in [-0.4, -0.2) is 15.8 Å². The molecule has 5 nitrogen and oxygen atoms in total. The Morgan fingerprint density at radius 2 is 2.05 bits per heavy atom. The highest BCUT2D eigenvalue weighted by Gasteiger charge is 2.45. The Labute approximate surface area is 136 Å². The van der Waals surface area contributed by atoms with Gasteiger partial charge in [-0.05, 0) is 38.3 Å². The molecule has 1 aromatic heterocycles. The van der Waals surface area contributed by atoms with Crippen LogP contribution >= 0.6 is 23.4 Å². The monoisotopic (exact) mass is 338 g/mol. The minimum absolute atomic E-state index is 0.0739. The summed E-state index contributed by atoms with van der Waals surface area (Å²) in [6.07, 6.45) is -0.0739. The van der Waals surface area contributed by atoms with E-state index in [0.29, 0.717) is 10.8 Å². The van der Waals surface area contributed by atoms with Crippen molar-refractivity contribution >= 4 is 29.1 Å². The molecule has 3 rings (SSSR count). The fourth-order valence-corrected chi connectivity index (χ4v) is 3.71. The highest BCUT2D eigenvalue weighted by Crippen LogP contribution is 2.48. The maximum atomic E-state index is 11.9. The fraction of sp³-hybridized carbons (Fsp3) is 0.333. The molecular formula is C15H15ClN2O3S. The number of fused-ring (bicyclic) bond motifs is 1. The van der Waals surface area contributed by atoms with Crippen LogP contribution in [0.2, 0.25) is 5.02 Å². The van der Waals surface area contributed by atoms with E-state index in [1.807, 2.05) is 38.3 Å².